The first kappa shape index (κ1) is 56.0. The smallest absolute Gasteiger partial charge is 0.0594 e. The second kappa shape index (κ2) is 42.1. The van der Waals surface area contributed by atoms with Gasteiger partial charge in [0.15, 0.2) is 0 Å². The minimum absolute atomic E-state index is 0.640. The van der Waals surface area contributed by atoms with Crippen LogP contribution in [0.5, 0.6) is 0 Å². The van der Waals surface area contributed by atoms with Gasteiger partial charge in [-0.3, -0.25) is 19.6 Å². The summed E-state index contributed by atoms with van der Waals surface area (Å²) in [4.78, 5) is 10.7. The molecule has 62 heavy (non-hydrogen) atoms. The number of hydrogen-bond acceptors (Lipinski definition) is 8. The van der Waals surface area contributed by atoms with Crippen LogP contribution in [0.15, 0.2) is 0 Å². The quantitative estimate of drug-likeness (QED) is 0.0662. The number of hydrogen-bond donors (Lipinski definition) is 0. The molecular formula is C54H108N4O4. The van der Waals surface area contributed by atoms with Crippen molar-refractivity contribution in [2.45, 2.75) is 206 Å². The molecule has 0 amide bonds. The van der Waals surface area contributed by atoms with Crippen molar-refractivity contribution in [1.29, 1.82) is 0 Å². The average molecular weight is 877 g/mol. The van der Waals surface area contributed by atoms with Crippen LogP contribution in [-0.4, -0.2) is 151 Å². The normalized spacial score (nSPS) is 25.6. The van der Waals surface area contributed by atoms with E-state index in [-0.39, 0.29) is 0 Å². The van der Waals surface area contributed by atoms with Crippen molar-refractivity contribution >= 4 is 0 Å². The van der Waals surface area contributed by atoms with Gasteiger partial charge in [0.05, 0.1) is 52.9 Å². The largest absolute Gasteiger partial charge is 0.379 e. The summed E-state index contributed by atoms with van der Waals surface area (Å²) in [5.74, 6) is 1.28. The minimum Gasteiger partial charge on any atom is -0.379 e. The fourth-order valence-electron chi connectivity index (χ4n) is 10.3. The molecule has 8 heteroatoms. The highest BCUT2D eigenvalue weighted by atomic mass is 16.5. The van der Waals surface area contributed by atoms with Crippen molar-refractivity contribution in [2.75, 3.05) is 131 Å². The summed E-state index contributed by atoms with van der Waals surface area (Å²) in [7, 11) is 0. The molecule has 6 saturated heterocycles. The van der Waals surface area contributed by atoms with Gasteiger partial charge in [0.25, 0.3) is 0 Å². The molecule has 0 saturated carbocycles. The van der Waals surface area contributed by atoms with Gasteiger partial charge in [-0.2, -0.15) is 0 Å². The molecule has 6 fully saturated rings. The summed E-state index contributed by atoms with van der Waals surface area (Å²) in [5, 5.41) is 0. The van der Waals surface area contributed by atoms with E-state index in [9.17, 15) is 0 Å². The Hall–Kier alpha value is -0.320. The second-order valence-corrected chi connectivity index (χ2v) is 20.2. The van der Waals surface area contributed by atoms with Gasteiger partial charge in [0.1, 0.15) is 0 Å². The molecule has 4 bridgehead atoms. The van der Waals surface area contributed by atoms with Crippen molar-refractivity contribution < 1.29 is 18.9 Å². The van der Waals surface area contributed by atoms with Crippen LogP contribution in [0.1, 0.15) is 206 Å². The minimum atomic E-state index is 0.640. The molecule has 0 aromatic carbocycles. The van der Waals surface area contributed by atoms with E-state index in [1.54, 1.807) is 0 Å². The van der Waals surface area contributed by atoms with Crippen LogP contribution in [0.4, 0.5) is 0 Å². The molecule has 0 aliphatic carbocycles. The van der Waals surface area contributed by atoms with Crippen LogP contribution in [0, 0.1) is 11.8 Å². The molecule has 6 heterocycles. The first-order chi connectivity index (χ1) is 30.8. The summed E-state index contributed by atoms with van der Waals surface area (Å²) < 4.78 is 25.7. The van der Waals surface area contributed by atoms with Crippen molar-refractivity contribution in [1.82, 2.24) is 19.6 Å². The molecule has 0 aromatic rings. The van der Waals surface area contributed by atoms with Crippen LogP contribution in [0.3, 0.4) is 0 Å². The zero-order chi connectivity index (χ0) is 43.6. The van der Waals surface area contributed by atoms with Crippen LogP contribution < -0.4 is 0 Å². The van der Waals surface area contributed by atoms with Gasteiger partial charge in [-0.15, -0.1) is 0 Å². The Morgan fingerprint density at radius 3 is 0.629 bits per heavy atom. The van der Waals surface area contributed by atoms with Crippen LogP contribution >= 0.6 is 0 Å². The van der Waals surface area contributed by atoms with E-state index in [1.807, 2.05) is 0 Å². The Balaban J connectivity index is 1.47. The topological polar surface area (TPSA) is 49.9 Å². The fraction of sp³-hybridized carbons (Fsp3) is 1.00. The first-order valence-electron chi connectivity index (χ1n) is 28.0. The Morgan fingerprint density at radius 2 is 0.435 bits per heavy atom. The molecule has 0 spiro atoms. The molecule has 6 rings (SSSR count). The number of nitrogens with zero attached hydrogens (tertiary/aromatic N) is 4. The lowest BCUT2D eigenvalue weighted by Crippen LogP contribution is -2.44. The third-order valence-electron chi connectivity index (χ3n) is 14.4. The van der Waals surface area contributed by atoms with Gasteiger partial charge in [0, 0.05) is 78.5 Å². The lowest BCUT2D eigenvalue weighted by Gasteiger charge is -2.34. The van der Waals surface area contributed by atoms with Gasteiger partial charge in [-0.05, 0) is 24.7 Å². The van der Waals surface area contributed by atoms with Crippen molar-refractivity contribution in [3.8, 4) is 0 Å². The predicted octanol–water partition coefficient (Wildman–Crippen LogP) is 12.3. The zero-order valence-electron chi connectivity index (χ0n) is 41.9. The van der Waals surface area contributed by atoms with E-state index in [0.29, 0.717) is 11.8 Å². The van der Waals surface area contributed by atoms with Crippen LogP contribution in [0.2, 0.25) is 0 Å². The van der Waals surface area contributed by atoms with Crippen molar-refractivity contribution in [3.05, 3.63) is 0 Å². The third kappa shape index (κ3) is 32.4. The maximum atomic E-state index is 6.43. The van der Waals surface area contributed by atoms with E-state index >= 15 is 0 Å². The van der Waals surface area contributed by atoms with Gasteiger partial charge in [-0.1, -0.05) is 194 Å². The molecule has 0 aromatic heterocycles. The lowest BCUT2D eigenvalue weighted by atomic mass is 9.98. The molecule has 0 unspecified atom stereocenters. The third-order valence-corrected chi connectivity index (χ3v) is 14.4. The van der Waals surface area contributed by atoms with Crippen molar-refractivity contribution in [2.24, 2.45) is 11.8 Å². The summed E-state index contributed by atoms with van der Waals surface area (Å²) >= 11 is 0. The van der Waals surface area contributed by atoms with Gasteiger partial charge in [-0.25, -0.2) is 0 Å². The molecule has 368 valence electrons. The van der Waals surface area contributed by atoms with Crippen molar-refractivity contribution in [3.63, 3.8) is 0 Å². The standard InChI is InChI=1S/C54H108N4O4/c1-3-5-7-9-11-13-15-17-19-21-23-25-27-29-31-53-49-55-33-41-59-45-37-57(38-46-60-42-34-55)51-54(32-30-28-26-24-22-20-18-16-14-12-10-8-6-4-2)52-58-39-47-61-43-35-56(50-53)36-44-62-48-40-58/h53-54H,3-52H2,1-2H3. The molecule has 0 N–H and O–H groups in total. The van der Waals surface area contributed by atoms with Gasteiger partial charge in [0.2, 0.25) is 0 Å². The number of ether oxygens (including phenoxy) is 4. The highest BCUT2D eigenvalue weighted by Gasteiger charge is 2.22. The van der Waals surface area contributed by atoms with Crippen LogP contribution in [0.25, 0.3) is 0 Å². The van der Waals surface area contributed by atoms with E-state index in [1.165, 1.54) is 193 Å². The summed E-state index contributed by atoms with van der Waals surface area (Å²) in [6.07, 6.45) is 42.3. The monoisotopic (exact) mass is 877 g/mol. The Morgan fingerprint density at radius 1 is 0.258 bits per heavy atom. The maximum absolute atomic E-state index is 6.43. The van der Waals surface area contributed by atoms with E-state index in [2.05, 4.69) is 33.4 Å². The molecule has 6 aliphatic rings. The van der Waals surface area contributed by atoms with Gasteiger partial charge >= 0.3 is 0 Å². The molecular weight excluding hydrogens is 769 g/mol. The van der Waals surface area contributed by atoms with E-state index < -0.39 is 0 Å². The summed E-state index contributed by atoms with van der Waals surface area (Å²) in [6.45, 7) is 23.7. The Labute approximate surface area is 387 Å². The number of unbranched alkanes of at least 4 members (excludes halogenated alkanes) is 26. The predicted molar refractivity (Wildman–Crippen MR) is 266 cm³/mol. The maximum Gasteiger partial charge on any atom is 0.0594 e. The number of rotatable bonds is 30. The Kier molecular flexibility index (Phi) is 38.0. The first-order valence-corrected chi connectivity index (χ1v) is 28.0. The average Bonchev–Trinajstić information content (AvgIpc) is 3.26. The Bertz CT molecular complexity index is 795. The summed E-state index contributed by atoms with van der Waals surface area (Å²) in [6, 6.07) is 0. The molecule has 8 nitrogen and oxygen atoms in total. The highest BCUT2D eigenvalue weighted by molar-refractivity contribution is 4.76. The lowest BCUT2D eigenvalue weighted by molar-refractivity contribution is 0.0110. The van der Waals surface area contributed by atoms with Gasteiger partial charge < -0.3 is 18.9 Å². The fourth-order valence-corrected chi connectivity index (χ4v) is 10.3. The van der Waals surface area contributed by atoms with Crippen LogP contribution in [-0.2, 0) is 18.9 Å². The van der Waals surface area contributed by atoms with E-state index in [4.69, 9.17) is 18.9 Å². The SMILES string of the molecule is CCCCCCCCCCCCCCCCC1CN2CCOCCN(CCOCC2)CC(CCCCCCCCCCCCCCCC)CN2CCOCCN(CCOCC2)C1. The van der Waals surface area contributed by atoms with E-state index in [0.717, 1.165) is 131 Å². The molecule has 0 radical (unpaired) electrons. The summed E-state index contributed by atoms with van der Waals surface area (Å²) in [5.41, 5.74) is 0. The molecule has 6 aliphatic heterocycles. The highest BCUT2D eigenvalue weighted by Crippen LogP contribution is 2.20. The molecule has 0 atom stereocenters. The second-order valence-electron chi connectivity index (χ2n) is 20.2. The zero-order valence-corrected chi connectivity index (χ0v) is 41.9.